The minimum Gasteiger partial charge on any atom is -0.479 e. The molecule has 0 spiro atoms. The summed E-state index contributed by atoms with van der Waals surface area (Å²) in [6.45, 7) is 1.73. The molecule has 9 nitrogen and oxygen atoms in total. The number of rotatable bonds is 7. The molecule has 1 heterocycles. The predicted octanol–water partition coefficient (Wildman–Crippen LogP) is -0.513. The lowest BCUT2D eigenvalue weighted by Gasteiger charge is -2.18. The molecule has 1 atom stereocenters. The predicted molar refractivity (Wildman–Crippen MR) is 69.4 cm³/mol. The number of anilines is 1. The summed E-state index contributed by atoms with van der Waals surface area (Å²) < 4.78 is 6.48. The number of aliphatic hydroxyl groups is 1. The molecule has 0 aliphatic carbocycles. The summed E-state index contributed by atoms with van der Waals surface area (Å²) in [6, 6.07) is -0.627. The molecule has 20 heavy (non-hydrogen) atoms. The van der Waals surface area contributed by atoms with Gasteiger partial charge in [-0.25, -0.2) is 9.59 Å². The van der Waals surface area contributed by atoms with Gasteiger partial charge in [0.2, 0.25) is 0 Å². The van der Waals surface area contributed by atoms with Gasteiger partial charge in [0.15, 0.2) is 5.60 Å². The summed E-state index contributed by atoms with van der Waals surface area (Å²) in [4.78, 5) is 22.2. The number of nitrogens with zero attached hydrogens (tertiary/aromatic N) is 2. The van der Waals surface area contributed by atoms with Gasteiger partial charge in [-0.05, 0) is 6.92 Å². The van der Waals surface area contributed by atoms with E-state index >= 15 is 0 Å². The zero-order chi connectivity index (χ0) is 15.2. The third-order valence-corrected chi connectivity index (χ3v) is 2.47. The van der Waals surface area contributed by atoms with Crippen LogP contribution in [0.3, 0.4) is 0 Å². The lowest BCUT2D eigenvalue weighted by Crippen LogP contribution is -2.47. The zero-order valence-electron chi connectivity index (χ0n) is 11.3. The smallest absolute Gasteiger partial charge is 0.337 e. The summed E-state index contributed by atoms with van der Waals surface area (Å²) in [7, 11) is 1.57. The number of hydrogen-bond donors (Lipinski definition) is 4. The van der Waals surface area contributed by atoms with Crippen LogP contribution in [0.4, 0.5) is 10.5 Å². The molecule has 0 bridgehead atoms. The molecule has 0 fully saturated rings. The van der Waals surface area contributed by atoms with Crippen molar-refractivity contribution in [1.82, 2.24) is 15.1 Å². The first-order chi connectivity index (χ1) is 9.35. The van der Waals surface area contributed by atoms with E-state index in [0.717, 1.165) is 6.92 Å². The highest BCUT2D eigenvalue weighted by Gasteiger charge is 2.30. The number of carboxylic acid groups (broad SMARTS) is 1. The Balaban J connectivity index is 2.42. The number of carboxylic acids is 1. The summed E-state index contributed by atoms with van der Waals surface area (Å²) in [5.41, 5.74) is -1.56. The Hall–Kier alpha value is -2.13. The highest BCUT2D eigenvalue weighted by molar-refractivity contribution is 5.89. The molecule has 0 radical (unpaired) electrons. The van der Waals surface area contributed by atoms with Crippen LogP contribution in [0.1, 0.15) is 6.92 Å². The summed E-state index contributed by atoms with van der Waals surface area (Å²) in [5, 5.41) is 26.8. The minimum absolute atomic E-state index is 0.411. The van der Waals surface area contributed by atoms with Gasteiger partial charge in [-0.3, -0.25) is 4.68 Å². The van der Waals surface area contributed by atoms with Crippen LogP contribution in [0.5, 0.6) is 0 Å². The Morgan fingerprint density at radius 1 is 1.55 bits per heavy atom. The maximum Gasteiger partial charge on any atom is 0.337 e. The van der Waals surface area contributed by atoms with Crippen LogP contribution >= 0.6 is 0 Å². The van der Waals surface area contributed by atoms with Crippen LogP contribution in [0.15, 0.2) is 12.4 Å². The Bertz CT molecular complexity index is 471. The SMILES string of the molecule is COCCn1cc(NC(=O)NCC(C)(O)C(=O)O)cn1. The van der Waals surface area contributed by atoms with E-state index in [2.05, 4.69) is 15.7 Å². The molecule has 1 rings (SSSR count). The molecule has 112 valence electrons. The number of urea groups is 1. The molecule has 1 aromatic rings. The average molecular weight is 286 g/mol. The molecular formula is C11H18N4O5. The van der Waals surface area contributed by atoms with Crippen molar-refractivity contribution in [1.29, 1.82) is 0 Å². The van der Waals surface area contributed by atoms with Crippen LogP contribution in [-0.2, 0) is 16.1 Å². The molecule has 1 unspecified atom stereocenters. The van der Waals surface area contributed by atoms with Crippen molar-refractivity contribution in [2.75, 3.05) is 25.6 Å². The van der Waals surface area contributed by atoms with Gasteiger partial charge in [-0.2, -0.15) is 5.10 Å². The van der Waals surface area contributed by atoms with Crippen LogP contribution in [0.2, 0.25) is 0 Å². The number of carbonyl (C=O) groups is 2. The topological polar surface area (TPSA) is 126 Å². The zero-order valence-corrected chi connectivity index (χ0v) is 11.3. The first kappa shape index (κ1) is 15.9. The molecule has 0 aliphatic rings. The van der Waals surface area contributed by atoms with Gasteiger partial charge in [0.1, 0.15) is 0 Å². The third kappa shape index (κ3) is 4.86. The maximum absolute atomic E-state index is 11.5. The molecule has 1 aromatic heterocycles. The van der Waals surface area contributed by atoms with Crippen LogP contribution < -0.4 is 10.6 Å². The van der Waals surface area contributed by atoms with Gasteiger partial charge < -0.3 is 25.6 Å². The van der Waals surface area contributed by atoms with Crippen molar-refractivity contribution >= 4 is 17.7 Å². The quantitative estimate of drug-likeness (QED) is 0.534. The molecule has 0 saturated carbocycles. The van der Waals surface area contributed by atoms with Crippen molar-refractivity contribution in [3.63, 3.8) is 0 Å². The van der Waals surface area contributed by atoms with E-state index in [1.807, 2.05) is 0 Å². The summed E-state index contributed by atoms with van der Waals surface area (Å²) >= 11 is 0. The number of ether oxygens (including phenoxy) is 1. The molecule has 0 aliphatic heterocycles. The number of hydrogen-bond acceptors (Lipinski definition) is 5. The van der Waals surface area contributed by atoms with E-state index in [4.69, 9.17) is 9.84 Å². The Morgan fingerprint density at radius 2 is 2.25 bits per heavy atom. The maximum atomic E-state index is 11.5. The van der Waals surface area contributed by atoms with Gasteiger partial charge in [0.25, 0.3) is 0 Å². The molecule has 4 N–H and O–H groups in total. The van der Waals surface area contributed by atoms with Gasteiger partial charge in [0, 0.05) is 13.3 Å². The summed E-state index contributed by atoms with van der Waals surface area (Å²) in [6.07, 6.45) is 3.05. The van der Waals surface area contributed by atoms with Gasteiger partial charge in [-0.1, -0.05) is 0 Å². The van der Waals surface area contributed by atoms with E-state index in [1.165, 1.54) is 6.20 Å². The lowest BCUT2D eigenvalue weighted by molar-refractivity contribution is -0.155. The normalized spacial score (nSPS) is 13.6. The molecule has 2 amide bonds. The molecule has 0 aromatic carbocycles. The second kappa shape index (κ2) is 6.87. The Morgan fingerprint density at radius 3 is 2.85 bits per heavy atom. The van der Waals surface area contributed by atoms with Gasteiger partial charge in [-0.15, -0.1) is 0 Å². The van der Waals surface area contributed by atoms with E-state index in [9.17, 15) is 14.7 Å². The first-order valence-corrected chi connectivity index (χ1v) is 5.87. The van der Waals surface area contributed by atoms with Crippen molar-refractivity contribution in [3.8, 4) is 0 Å². The number of carbonyl (C=O) groups excluding carboxylic acids is 1. The average Bonchev–Trinajstić information content (AvgIpc) is 2.81. The van der Waals surface area contributed by atoms with Crippen molar-refractivity contribution in [2.24, 2.45) is 0 Å². The summed E-state index contributed by atoms with van der Waals surface area (Å²) in [5.74, 6) is -1.41. The molecular weight excluding hydrogens is 268 g/mol. The largest absolute Gasteiger partial charge is 0.479 e. The number of methoxy groups -OCH3 is 1. The van der Waals surface area contributed by atoms with E-state index in [-0.39, 0.29) is 0 Å². The first-order valence-electron chi connectivity index (χ1n) is 5.87. The second-order valence-electron chi connectivity index (χ2n) is 4.37. The number of aliphatic carboxylic acids is 1. The fourth-order valence-corrected chi connectivity index (χ4v) is 1.24. The molecule has 0 saturated heterocycles. The van der Waals surface area contributed by atoms with E-state index in [0.29, 0.717) is 18.8 Å². The van der Waals surface area contributed by atoms with Crippen molar-refractivity contribution in [2.45, 2.75) is 19.1 Å². The number of aromatic nitrogens is 2. The fourth-order valence-electron chi connectivity index (χ4n) is 1.24. The van der Waals surface area contributed by atoms with E-state index < -0.39 is 24.1 Å². The number of nitrogens with one attached hydrogen (secondary N) is 2. The van der Waals surface area contributed by atoms with Gasteiger partial charge >= 0.3 is 12.0 Å². The standard InChI is InChI=1S/C11H18N4O5/c1-11(19,9(16)17)7-12-10(18)14-8-5-13-15(6-8)3-4-20-2/h5-6,19H,3-4,7H2,1-2H3,(H,16,17)(H2,12,14,18). The van der Waals surface area contributed by atoms with Crippen molar-refractivity contribution in [3.05, 3.63) is 12.4 Å². The molecule has 9 heteroatoms. The van der Waals surface area contributed by atoms with Crippen LogP contribution in [0.25, 0.3) is 0 Å². The Kier molecular flexibility index (Phi) is 5.47. The number of amides is 2. The third-order valence-electron chi connectivity index (χ3n) is 2.47. The van der Waals surface area contributed by atoms with Gasteiger partial charge in [0.05, 0.1) is 31.6 Å². The lowest BCUT2D eigenvalue weighted by atomic mass is 10.1. The van der Waals surface area contributed by atoms with Crippen molar-refractivity contribution < 1.29 is 24.5 Å². The second-order valence-corrected chi connectivity index (χ2v) is 4.37. The monoisotopic (exact) mass is 286 g/mol. The van der Waals surface area contributed by atoms with Crippen LogP contribution in [0, 0.1) is 0 Å². The Labute approximate surface area is 115 Å². The van der Waals surface area contributed by atoms with Crippen LogP contribution in [-0.4, -0.2) is 57.9 Å². The fraction of sp³-hybridized carbons (Fsp3) is 0.545. The van der Waals surface area contributed by atoms with E-state index in [1.54, 1.807) is 18.0 Å². The highest BCUT2D eigenvalue weighted by Crippen LogP contribution is 2.05. The highest BCUT2D eigenvalue weighted by atomic mass is 16.5. The minimum atomic E-state index is -2.01.